The maximum Gasteiger partial charge on any atom is 0.214 e. The quantitative estimate of drug-likeness (QED) is 0.683. The maximum atomic E-state index is 12.5. The van der Waals surface area contributed by atoms with E-state index in [1.807, 2.05) is 0 Å². The molecule has 1 aliphatic rings. The zero-order valence-corrected chi connectivity index (χ0v) is 14.1. The molecule has 1 rings (SSSR count). The zero-order chi connectivity index (χ0) is 15.0. The van der Waals surface area contributed by atoms with Gasteiger partial charge in [-0.05, 0) is 52.4 Å². The fourth-order valence-corrected chi connectivity index (χ4v) is 4.54. The van der Waals surface area contributed by atoms with Gasteiger partial charge in [-0.1, -0.05) is 13.8 Å². The maximum absolute atomic E-state index is 12.5. The smallest absolute Gasteiger partial charge is 0.214 e. The van der Waals surface area contributed by atoms with E-state index in [4.69, 9.17) is 0 Å². The van der Waals surface area contributed by atoms with Gasteiger partial charge in [-0.3, -0.25) is 0 Å². The molecule has 1 atom stereocenters. The lowest BCUT2D eigenvalue weighted by Crippen LogP contribution is -2.44. The molecular weight excluding hydrogens is 274 g/mol. The van der Waals surface area contributed by atoms with Crippen LogP contribution in [0.5, 0.6) is 0 Å². The van der Waals surface area contributed by atoms with Crippen LogP contribution in [0, 0.1) is 0 Å². The van der Waals surface area contributed by atoms with Gasteiger partial charge in [-0.25, -0.2) is 8.42 Å². The second kappa shape index (κ2) is 8.97. The van der Waals surface area contributed by atoms with Gasteiger partial charge in [0.05, 0.1) is 5.75 Å². The van der Waals surface area contributed by atoms with Crippen LogP contribution in [0.15, 0.2) is 0 Å². The number of hydrogen-bond acceptors (Lipinski definition) is 4. The summed E-state index contributed by atoms with van der Waals surface area (Å²) in [5, 5.41) is 3.26. The van der Waals surface area contributed by atoms with Crippen molar-refractivity contribution in [2.24, 2.45) is 0 Å². The van der Waals surface area contributed by atoms with Crippen LogP contribution in [0.4, 0.5) is 0 Å². The molecule has 1 fully saturated rings. The third-order valence-electron chi connectivity index (χ3n) is 3.86. The first-order valence-electron chi connectivity index (χ1n) is 7.90. The Labute approximate surface area is 124 Å². The van der Waals surface area contributed by atoms with E-state index in [9.17, 15) is 8.42 Å². The summed E-state index contributed by atoms with van der Waals surface area (Å²) in [5.41, 5.74) is 0. The molecule has 0 aromatic heterocycles. The summed E-state index contributed by atoms with van der Waals surface area (Å²) in [6.07, 6.45) is 3.60. The predicted molar refractivity (Wildman–Crippen MR) is 84.5 cm³/mol. The van der Waals surface area contributed by atoms with Crippen molar-refractivity contribution in [1.82, 2.24) is 14.5 Å². The van der Waals surface area contributed by atoms with Crippen molar-refractivity contribution in [3.05, 3.63) is 0 Å². The third-order valence-corrected chi connectivity index (χ3v) is 5.86. The van der Waals surface area contributed by atoms with Crippen molar-refractivity contribution in [2.45, 2.75) is 45.6 Å². The highest BCUT2D eigenvalue weighted by molar-refractivity contribution is 7.89. The molecule has 6 heteroatoms. The summed E-state index contributed by atoms with van der Waals surface area (Å²) in [4.78, 5) is 2.24. The molecule has 120 valence electrons. The van der Waals surface area contributed by atoms with E-state index in [0.717, 1.165) is 45.4 Å². The van der Waals surface area contributed by atoms with E-state index >= 15 is 0 Å². The van der Waals surface area contributed by atoms with Gasteiger partial charge in [0.25, 0.3) is 0 Å². The summed E-state index contributed by atoms with van der Waals surface area (Å²) in [6.45, 7) is 8.46. The normalized spacial score (nSPS) is 22.9. The van der Waals surface area contributed by atoms with Crippen molar-refractivity contribution >= 4 is 10.0 Å². The zero-order valence-electron chi connectivity index (χ0n) is 13.3. The Morgan fingerprint density at radius 2 is 1.95 bits per heavy atom. The minimum Gasteiger partial charge on any atom is -0.317 e. The molecule has 1 heterocycles. The summed E-state index contributed by atoms with van der Waals surface area (Å²) >= 11 is 0. The highest BCUT2D eigenvalue weighted by Crippen LogP contribution is 2.17. The molecule has 0 bridgehead atoms. The molecule has 20 heavy (non-hydrogen) atoms. The highest BCUT2D eigenvalue weighted by atomic mass is 32.2. The summed E-state index contributed by atoms with van der Waals surface area (Å²) < 4.78 is 26.8. The van der Waals surface area contributed by atoms with Crippen LogP contribution in [-0.2, 0) is 10.0 Å². The number of rotatable bonds is 8. The van der Waals surface area contributed by atoms with E-state index in [1.165, 1.54) is 0 Å². The van der Waals surface area contributed by atoms with Crippen molar-refractivity contribution < 1.29 is 8.42 Å². The predicted octanol–water partition coefficient (Wildman–Crippen LogP) is 1.12. The van der Waals surface area contributed by atoms with Crippen molar-refractivity contribution in [3.8, 4) is 0 Å². The number of hydrogen-bond donors (Lipinski definition) is 1. The highest BCUT2D eigenvalue weighted by Gasteiger charge is 2.30. The first-order chi connectivity index (χ1) is 9.51. The molecule has 1 N–H and O–H groups in total. The summed E-state index contributed by atoms with van der Waals surface area (Å²) in [7, 11) is -1.04. The van der Waals surface area contributed by atoms with Crippen LogP contribution >= 0.6 is 0 Å². The molecule has 0 spiro atoms. The van der Waals surface area contributed by atoms with Gasteiger partial charge < -0.3 is 10.2 Å². The Morgan fingerprint density at radius 1 is 1.20 bits per heavy atom. The van der Waals surface area contributed by atoms with Gasteiger partial charge >= 0.3 is 0 Å². The summed E-state index contributed by atoms with van der Waals surface area (Å²) in [5.74, 6) is 0.268. The number of nitrogens with zero attached hydrogens (tertiary/aromatic N) is 2. The Hall–Kier alpha value is -0.170. The summed E-state index contributed by atoms with van der Waals surface area (Å²) in [6, 6.07) is 0.135. The molecule has 0 amide bonds. The van der Waals surface area contributed by atoms with Gasteiger partial charge in [0.15, 0.2) is 0 Å². The SMILES string of the molecule is CCCNCCCS(=O)(=O)N1CCCN(C)CC1CC. The minimum absolute atomic E-state index is 0.135. The van der Waals surface area contributed by atoms with Crippen LogP contribution < -0.4 is 5.32 Å². The Bertz CT molecular complexity index is 359. The Kier molecular flexibility index (Phi) is 8.02. The molecule has 0 aliphatic carbocycles. The fraction of sp³-hybridized carbons (Fsp3) is 1.00. The molecule has 0 radical (unpaired) electrons. The second-order valence-electron chi connectivity index (χ2n) is 5.71. The van der Waals surface area contributed by atoms with E-state index < -0.39 is 10.0 Å². The molecule has 0 aromatic rings. The molecule has 1 aliphatic heterocycles. The lowest BCUT2D eigenvalue weighted by Gasteiger charge is -2.29. The second-order valence-corrected chi connectivity index (χ2v) is 7.75. The fourth-order valence-electron chi connectivity index (χ4n) is 2.72. The topological polar surface area (TPSA) is 52.7 Å². The van der Waals surface area contributed by atoms with Crippen LogP contribution in [0.3, 0.4) is 0 Å². The van der Waals surface area contributed by atoms with Crippen molar-refractivity contribution in [3.63, 3.8) is 0 Å². The van der Waals surface area contributed by atoms with E-state index in [2.05, 4.69) is 31.1 Å². The van der Waals surface area contributed by atoms with Crippen LogP contribution in [0.25, 0.3) is 0 Å². The number of sulfonamides is 1. The van der Waals surface area contributed by atoms with Gasteiger partial charge in [0.2, 0.25) is 10.0 Å². The number of likely N-dealkylation sites (N-methyl/N-ethyl adjacent to an activating group) is 1. The number of nitrogens with one attached hydrogen (secondary N) is 1. The molecular formula is C14H31N3O2S. The first-order valence-corrected chi connectivity index (χ1v) is 9.51. The molecule has 0 saturated carbocycles. The van der Waals surface area contributed by atoms with E-state index in [1.54, 1.807) is 4.31 Å². The lowest BCUT2D eigenvalue weighted by atomic mass is 10.2. The van der Waals surface area contributed by atoms with Crippen LogP contribution in [-0.4, -0.2) is 69.2 Å². The van der Waals surface area contributed by atoms with Crippen LogP contribution in [0.1, 0.15) is 39.5 Å². The van der Waals surface area contributed by atoms with E-state index in [0.29, 0.717) is 13.0 Å². The molecule has 1 unspecified atom stereocenters. The average molecular weight is 305 g/mol. The standard InChI is InChI=1S/C14H31N3O2S/c1-4-8-15-9-6-12-20(18,19)17-11-7-10-16(3)13-14(17)5-2/h14-15H,4-13H2,1-3H3. The molecule has 1 saturated heterocycles. The molecule has 0 aromatic carbocycles. The van der Waals surface area contributed by atoms with E-state index in [-0.39, 0.29) is 11.8 Å². The average Bonchev–Trinajstić information content (AvgIpc) is 2.60. The van der Waals surface area contributed by atoms with Crippen molar-refractivity contribution in [1.29, 1.82) is 0 Å². The lowest BCUT2D eigenvalue weighted by molar-refractivity contribution is 0.270. The monoisotopic (exact) mass is 305 g/mol. The molecule has 5 nitrogen and oxygen atoms in total. The van der Waals surface area contributed by atoms with Crippen LogP contribution in [0.2, 0.25) is 0 Å². The van der Waals surface area contributed by atoms with Gasteiger partial charge in [0.1, 0.15) is 0 Å². The first kappa shape index (κ1) is 17.9. The van der Waals surface area contributed by atoms with Crippen molar-refractivity contribution in [2.75, 3.05) is 45.5 Å². The Balaban J connectivity index is 2.54. The largest absolute Gasteiger partial charge is 0.317 e. The Morgan fingerprint density at radius 3 is 2.60 bits per heavy atom. The van der Waals surface area contributed by atoms with Gasteiger partial charge in [0, 0.05) is 19.1 Å². The third kappa shape index (κ3) is 5.68. The van der Waals surface area contributed by atoms with Gasteiger partial charge in [-0.2, -0.15) is 4.31 Å². The van der Waals surface area contributed by atoms with Gasteiger partial charge in [-0.15, -0.1) is 0 Å². The minimum atomic E-state index is -3.11.